The normalized spacial score (nSPS) is 12.1. The lowest BCUT2D eigenvalue weighted by molar-refractivity contribution is -0.140. The molecule has 4 nitrogen and oxygen atoms in total. The first kappa shape index (κ1) is 23.6. The molecule has 0 aliphatic heterocycles. The number of carbonyl (C=O) groups is 2. The maximum atomic E-state index is 13.3. The Morgan fingerprint density at radius 1 is 0.900 bits per heavy atom. The summed E-state index contributed by atoms with van der Waals surface area (Å²) in [7, 11) is 0. The van der Waals surface area contributed by atoms with Gasteiger partial charge in [0.15, 0.2) is 0 Å². The van der Waals surface area contributed by atoms with Gasteiger partial charge in [0, 0.05) is 19.0 Å². The van der Waals surface area contributed by atoms with Crippen LogP contribution >= 0.6 is 0 Å². The number of aryl methyl sites for hydroxylation is 1. The van der Waals surface area contributed by atoms with E-state index in [0.29, 0.717) is 18.8 Å². The summed E-state index contributed by atoms with van der Waals surface area (Å²) in [6.07, 6.45) is 0.914. The number of halogens is 1. The zero-order chi connectivity index (χ0) is 22.3. The first-order valence-corrected chi connectivity index (χ1v) is 10.6. The fourth-order valence-electron chi connectivity index (χ4n) is 3.24. The summed E-state index contributed by atoms with van der Waals surface area (Å²) in [6, 6.07) is 13.7. The predicted molar refractivity (Wildman–Crippen MR) is 119 cm³/mol. The van der Waals surface area contributed by atoms with Crippen LogP contribution in [0.5, 0.6) is 0 Å². The minimum atomic E-state index is -0.617. The van der Waals surface area contributed by atoms with Crippen molar-refractivity contribution in [3.63, 3.8) is 0 Å². The Bertz CT molecular complexity index is 829. The Hall–Kier alpha value is -2.69. The Morgan fingerprint density at radius 2 is 1.47 bits per heavy atom. The molecule has 2 aromatic carbocycles. The lowest BCUT2D eigenvalue weighted by Gasteiger charge is -2.29. The molecular weight excluding hydrogens is 379 g/mol. The molecule has 0 radical (unpaired) electrons. The van der Waals surface area contributed by atoms with Crippen molar-refractivity contribution >= 4 is 11.8 Å². The number of rotatable bonds is 9. The summed E-state index contributed by atoms with van der Waals surface area (Å²) < 4.78 is 13.3. The van der Waals surface area contributed by atoms with Crippen LogP contribution in [0.15, 0.2) is 48.5 Å². The highest BCUT2D eigenvalue weighted by Gasteiger charge is 2.26. The Kier molecular flexibility index (Phi) is 8.58. The molecule has 1 N–H and O–H groups in total. The molecule has 0 saturated heterocycles. The van der Waals surface area contributed by atoms with E-state index in [2.05, 4.69) is 43.4 Å². The van der Waals surface area contributed by atoms with E-state index in [-0.39, 0.29) is 30.2 Å². The molecule has 2 amide bonds. The molecule has 0 heterocycles. The molecule has 0 fully saturated rings. The van der Waals surface area contributed by atoms with Crippen LogP contribution in [0.2, 0.25) is 0 Å². The molecule has 0 aromatic heterocycles. The van der Waals surface area contributed by atoms with Gasteiger partial charge in [0.1, 0.15) is 11.9 Å². The molecule has 162 valence electrons. The average molecular weight is 413 g/mol. The van der Waals surface area contributed by atoms with Gasteiger partial charge >= 0.3 is 0 Å². The second-order valence-electron chi connectivity index (χ2n) is 8.38. The number of benzene rings is 2. The van der Waals surface area contributed by atoms with Crippen LogP contribution < -0.4 is 5.32 Å². The zero-order valence-corrected chi connectivity index (χ0v) is 18.6. The maximum absolute atomic E-state index is 13.3. The largest absolute Gasteiger partial charge is 0.352 e. The van der Waals surface area contributed by atoms with Gasteiger partial charge in [-0.25, -0.2) is 4.39 Å². The van der Waals surface area contributed by atoms with Crippen LogP contribution in [-0.4, -0.2) is 28.8 Å². The molecule has 0 aliphatic rings. The summed E-state index contributed by atoms with van der Waals surface area (Å²) in [6.45, 7) is 10.1. The summed E-state index contributed by atoms with van der Waals surface area (Å²) in [4.78, 5) is 27.2. The average Bonchev–Trinajstić information content (AvgIpc) is 2.70. The van der Waals surface area contributed by atoms with E-state index in [1.807, 2.05) is 13.8 Å². The molecule has 0 spiro atoms. The van der Waals surface area contributed by atoms with E-state index >= 15 is 0 Å². The minimum absolute atomic E-state index is 0.0119. The van der Waals surface area contributed by atoms with E-state index in [1.165, 1.54) is 17.7 Å². The zero-order valence-electron chi connectivity index (χ0n) is 18.6. The molecule has 30 heavy (non-hydrogen) atoms. The van der Waals surface area contributed by atoms with Crippen molar-refractivity contribution in [1.82, 2.24) is 10.2 Å². The third kappa shape index (κ3) is 6.97. The van der Waals surface area contributed by atoms with E-state index < -0.39 is 6.04 Å². The second kappa shape index (κ2) is 10.9. The van der Waals surface area contributed by atoms with Gasteiger partial charge in [0.25, 0.3) is 0 Å². The third-order valence-corrected chi connectivity index (χ3v) is 5.14. The van der Waals surface area contributed by atoms with Crippen molar-refractivity contribution in [3.05, 3.63) is 71.0 Å². The maximum Gasteiger partial charge on any atom is 0.242 e. The lowest BCUT2D eigenvalue weighted by atomic mass is 10.00. The Balaban J connectivity index is 2.11. The fraction of sp³-hybridized carbons (Fsp3) is 0.440. The first-order chi connectivity index (χ1) is 14.2. The summed E-state index contributed by atoms with van der Waals surface area (Å²) in [5.74, 6) is -0.153. The SMILES string of the molecule is CC(C)NC(=O)[C@@H](C)N(Cc1ccc(F)cc1)C(=O)CCc1ccc(C(C)C)cc1. The molecule has 0 saturated carbocycles. The van der Waals surface area contributed by atoms with Crippen molar-refractivity contribution in [2.75, 3.05) is 0 Å². The molecular formula is C25H33FN2O2. The molecule has 0 aliphatic carbocycles. The van der Waals surface area contributed by atoms with Crippen molar-refractivity contribution in [2.24, 2.45) is 0 Å². The number of carbonyl (C=O) groups excluding carboxylic acids is 2. The number of nitrogens with one attached hydrogen (secondary N) is 1. The van der Waals surface area contributed by atoms with E-state index in [0.717, 1.165) is 11.1 Å². The number of hydrogen-bond donors (Lipinski definition) is 1. The highest BCUT2D eigenvalue weighted by molar-refractivity contribution is 5.87. The van der Waals surface area contributed by atoms with E-state index in [1.54, 1.807) is 24.0 Å². The summed E-state index contributed by atoms with van der Waals surface area (Å²) in [5, 5.41) is 2.87. The van der Waals surface area contributed by atoms with Crippen LogP contribution in [-0.2, 0) is 22.6 Å². The minimum Gasteiger partial charge on any atom is -0.352 e. The molecule has 0 bridgehead atoms. The van der Waals surface area contributed by atoms with E-state index in [9.17, 15) is 14.0 Å². The monoisotopic (exact) mass is 412 g/mol. The van der Waals surface area contributed by atoms with Crippen LogP contribution in [0.4, 0.5) is 4.39 Å². The molecule has 2 rings (SSSR count). The molecule has 2 aromatic rings. The third-order valence-electron chi connectivity index (χ3n) is 5.14. The van der Waals surface area contributed by atoms with E-state index in [4.69, 9.17) is 0 Å². The van der Waals surface area contributed by atoms with Crippen molar-refractivity contribution < 1.29 is 14.0 Å². The van der Waals surface area contributed by atoms with Crippen LogP contribution in [0.3, 0.4) is 0 Å². The van der Waals surface area contributed by atoms with Gasteiger partial charge < -0.3 is 10.2 Å². The van der Waals surface area contributed by atoms with Crippen LogP contribution in [0, 0.1) is 5.82 Å². The molecule has 0 unspecified atom stereocenters. The Labute approximate surface area is 179 Å². The van der Waals surface area contributed by atoms with Gasteiger partial charge in [-0.3, -0.25) is 9.59 Å². The van der Waals surface area contributed by atoms with Gasteiger partial charge in [-0.15, -0.1) is 0 Å². The topological polar surface area (TPSA) is 49.4 Å². The molecule has 1 atom stereocenters. The molecule has 5 heteroatoms. The standard InChI is InChI=1S/C25H33FN2O2/c1-17(2)22-11-6-20(7-12-22)10-15-24(29)28(19(5)25(30)27-18(3)4)16-21-8-13-23(26)14-9-21/h6-9,11-14,17-19H,10,15-16H2,1-5H3,(H,27,30)/t19-/m1/s1. The van der Waals surface area contributed by atoms with Crippen molar-refractivity contribution in [1.29, 1.82) is 0 Å². The summed E-state index contributed by atoms with van der Waals surface area (Å²) in [5.41, 5.74) is 3.14. The predicted octanol–water partition coefficient (Wildman–Crippen LogP) is 4.82. The fourth-order valence-corrected chi connectivity index (χ4v) is 3.24. The first-order valence-electron chi connectivity index (χ1n) is 10.6. The summed E-state index contributed by atoms with van der Waals surface area (Å²) >= 11 is 0. The smallest absolute Gasteiger partial charge is 0.242 e. The highest BCUT2D eigenvalue weighted by Crippen LogP contribution is 2.17. The van der Waals surface area contributed by atoms with Gasteiger partial charge in [-0.05, 0) is 61.9 Å². The van der Waals surface area contributed by atoms with Gasteiger partial charge in [0.2, 0.25) is 11.8 Å². The number of nitrogens with zero attached hydrogens (tertiary/aromatic N) is 1. The van der Waals surface area contributed by atoms with Crippen molar-refractivity contribution in [2.45, 2.75) is 72.0 Å². The van der Waals surface area contributed by atoms with Gasteiger partial charge in [-0.2, -0.15) is 0 Å². The number of hydrogen-bond acceptors (Lipinski definition) is 2. The quantitative estimate of drug-likeness (QED) is 0.642. The van der Waals surface area contributed by atoms with Crippen LogP contribution in [0.25, 0.3) is 0 Å². The van der Waals surface area contributed by atoms with Gasteiger partial charge in [-0.1, -0.05) is 50.2 Å². The highest BCUT2D eigenvalue weighted by atomic mass is 19.1. The van der Waals surface area contributed by atoms with Gasteiger partial charge in [0.05, 0.1) is 0 Å². The Morgan fingerprint density at radius 3 is 2.00 bits per heavy atom. The van der Waals surface area contributed by atoms with Crippen LogP contribution in [0.1, 0.15) is 63.6 Å². The number of amides is 2. The second-order valence-corrected chi connectivity index (χ2v) is 8.38. The lowest BCUT2D eigenvalue weighted by Crippen LogP contribution is -2.49. The van der Waals surface area contributed by atoms with Crippen molar-refractivity contribution in [3.8, 4) is 0 Å².